The van der Waals surface area contributed by atoms with Crippen LogP contribution in [0.3, 0.4) is 0 Å². The molecule has 0 aliphatic rings. The lowest BCUT2D eigenvalue weighted by Crippen LogP contribution is -2.28. The van der Waals surface area contributed by atoms with Crippen LogP contribution in [0.1, 0.15) is 58.3 Å². The molecule has 0 aromatic carbocycles. The van der Waals surface area contributed by atoms with Crippen LogP contribution in [0, 0.1) is 5.92 Å². The zero-order chi connectivity index (χ0) is 14.8. The predicted molar refractivity (Wildman–Crippen MR) is 85.7 cm³/mol. The first-order chi connectivity index (χ1) is 9.73. The van der Waals surface area contributed by atoms with Crippen molar-refractivity contribution in [3.63, 3.8) is 0 Å². The highest BCUT2D eigenvalue weighted by Crippen LogP contribution is 2.14. The Morgan fingerprint density at radius 2 is 1.95 bits per heavy atom. The number of rotatable bonds is 11. The Labute approximate surface area is 124 Å². The Morgan fingerprint density at radius 1 is 1.20 bits per heavy atom. The maximum Gasteiger partial charge on any atom is 0.118 e. The lowest BCUT2D eigenvalue weighted by molar-refractivity contribution is 0.211. The molecule has 0 atom stereocenters. The Hall–Kier alpha value is -0.800. The van der Waals surface area contributed by atoms with Gasteiger partial charge in [-0.1, -0.05) is 40.5 Å². The average Bonchev–Trinajstić information content (AvgIpc) is 2.91. The maximum absolute atomic E-state index is 5.69. The molecular weight excluding hydrogens is 248 g/mol. The lowest BCUT2D eigenvalue weighted by atomic mass is 10.0. The number of nitrogens with zero attached hydrogens (tertiary/aromatic N) is 1. The van der Waals surface area contributed by atoms with Gasteiger partial charge in [-0.3, -0.25) is 4.90 Å². The number of nitrogens with one attached hydrogen (secondary N) is 1. The topological polar surface area (TPSA) is 28.4 Å². The van der Waals surface area contributed by atoms with Crippen LogP contribution in [0.5, 0.6) is 0 Å². The minimum absolute atomic E-state index is 0.801. The van der Waals surface area contributed by atoms with E-state index in [1.807, 2.05) is 6.26 Å². The highest BCUT2D eigenvalue weighted by Gasteiger charge is 2.12. The predicted octanol–water partition coefficient (Wildman–Crippen LogP) is 4.04. The first-order valence-corrected chi connectivity index (χ1v) is 8.22. The summed E-state index contributed by atoms with van der Waals surface area (Å²) in [5, 5.41) is 3.41. The van der Waals surface area contributed by atoms with Crippen molar-refractivity contribution in [1.82, 2.24) is 10.2 Å². The van der Waals surface area contributed by atoms with Crippen molar-refractivity contribution in [1.29, 1.82) is 0 Å². The van der Waals surface area contributed by atoms with Crippen LogP contribution in [0.4, 0.5) is 0 Å². The molecule has 1 aromatic rings. The van der Waals surface area contributed by atoms with Crippen molar-refractivity contribution in [2.45, 2.75) is 60.0 Å². The van der Waals surface area contributed by atoms with Crippen molar-refractivity contribution >= 4 is 0 Å². The van der Waals surface area contributed by atoms with E-state index in [0.29, 0.717) is 0 Å². The molecule has 20 heavy (non-hydrogen) atoms. The second-order valence-electron chi connectivity index (χ2n) is 5.61. The first-order valence-electron chi connectivity index (χ1n) is 8.22. The van der Waals surface area contributed by atoms with Crippen molar-refractivity contribution in [3.05, 3.63) is 23.7 Å². The lowest BCUT2D eigenvalue weighted by Gasteiger charge is -2.24. The van der Waals surface area contributed by atoms with E-state index >= 15 is 0 Å². The van der Waals surface area contributed by atoms with Crippen LogP contribution in [0.25, 0.3) is 0 Å². The molecule has 0 radical (unpaired) electrons. The fourth-order valence-electron chi connectivity index (χ4n) is 2.45. The van der Waals surface area contributed by atoms with Gasteiger partial charge in [0.15, 0.2) is 0 Å². The van der Waals surface area contributed by atoms with Gasteiger partial charge in [-0.2, -0.15) is 0 Å². The molecule has 0 amide bonds. The SMILES string of the molecule is CCCNCc1coc(CN(CC)CC(CC)CC)c1. The maximum atomic E-state index is 5.69. The van der Waals surface area contributed by atoms with Gasteiger partial charge in [-0.25, -0.2) is 0 Å². The molecule has 0 fully saturated rings. The largest absolute Gasteiger partial charge is 0.468 e. The Balaban J connectivity index is 2.44. The van der Waals surface area contributed by atoms with E-state index in [9.17, 15) is 0 Å². The van der Waals surface area contributed by atoms with Gasteiger partial charge in [0.25, 0.3) is 0 Å². The summed E-state index contributed by atoms with van der Waals surface area (Å²) >= 11 is 0. The Kier molecular flexibility index (Phi) is 8.63. The molecule has 1 heterocycles. The van der Waals surface area contributed by atoms with Crippen LogP contribution >= 0.6 is 0 Å². The van der Waals surface area contributed by atoms with Gasteiger partial charge in [0, 0.05) is 18.7 Å². The average molecular weight is 280 g/mol. The van der Waals surface area contributed by atoms with E-state index in [-0.39, 0.29) is 0 Å². The Morgan fingerprint density at radius 3 is 2.55 bits per heavy atom. The van der Waals surface area contributed by atoms with Gasteiger partial charge < -0.3 is 9.73 Å². The standard InChI is InChI=1S/C17H32N2O/c1-5-9-18-11-16-10-17(20-14-16)13-19(8-4)12-15(6-2)7-3/h10,14-15,18H,5-9,11-13H2,1-4H3. The van der Waals surface area contributed by atoms with Crippen LogP contribution in [0.15, 0.2) is 16.7 Å². The van der Waals surface area contributed by atoms with Gasteiger partial charge in [0.1, 0.15) is 5.76 Å². The molecule has 0 spiro atoms. The highest BCUT2D eigenvalue weighted by atomic mass is 16.3. The summed E-state index contributed by atoms with van der Waals surface area (Å²) < 4.78 is 5.69. The second kappa shape index (κ2) is 10.0. The molecule has 1 aromatic heterocycles. The number of hydrogen-bond acceptors (Lipinski definition) is 3. The zero-order valence-corrected chi connectivity index (χ0v) is 13.7. The van der Waals surface area contributed by atoms with Gasteiger partial charge in [0.05, 0.1) is 12.8 Å². The van der Waals surface area contributed by atoms with Crippen molar-refractivity contribution in [2.75, 3.05) is 19.6 Å². The van der Waals surface area contributed by atoms with Crippen LogP contribution in [-0.2, 0) is 13.1 Å². The fourth-order valence-corrected chi connectivity index (χ4v) is 2.45. The third kappa shape index (κ3) is 6.10. The first kappa shape index (κ1) is 17.3. The molecule has 1 rings (SSSR count). The minimum atomic E-state index is 0.801. The highest BCUT2D eigenvalue weighted by molar-refractivity contribution is 5.12. The molecule has 0 aliphatic heterocycles. The van der Waals surface area contributed by atoms with E-state index in [1.165, 1.54) is 31.4 Å². The van der Waals surface area contributed by atoms with Crippen LogP contribution in [0.2, 0.25) is 0 Å². The van der Waals surface area contributed by atoms with Gasteiger partial charge in [-0.05, 0) is 31.5 Å². The quantitative estimate of drug-likeness (QED) is 0.620. The monoisotopic (exact) mass is 280 g/mol. The fraction of sp³-hybridized carbons (Fsp3) is 0.765. The van der Waals surface area contributed by atoms with Crippen LogP contribution in [-0.4, -0.2) is 24.5 Å². The second-order valence-corrected chi connectivity index (χ2v) is 5.61. The normalized spacial score (nSPS) is 11.7. The molecule has 0 saturated heterocycles. The van der Waals surface area contributed by atoms with Gasteiger partial charge >= 0.3 is 0 Å². The smallest absolute Gasteiger partial charge is 0.118 e. The summed E-state index contributed by atoms with van der Waals surface area (Å²) in [5.41, 5.74) is 1.26. The van der Waals surface area contributed by atoms with E-state index in [4.69, 9.17) is 4.42 Å². The summed E-state index contributed by atoms with van der Waals surface area (Å²) in [5.74, 6) is 1.89. The van der Waals surface area contributed by atoms with Gasteiger partial charge in [-0.15, -0.1) is 0 Å². The zero-order valence-electron chi connectivity index (χ0n) is 13.7. The van der Waals surface area contributed by atoms with Crippen molar-refractivity contribution < 1.29 is 4.42 Å². The van der Waals surface area contributed by atoms with Crippen molar-refractivity contribution in [3.8, 4) is 0 Å². The minimum Gasteiger partial charge on any atom is -0.468 e. The van der Waals surface area contributed by atoms with Gasteiger partial charge in [0.2, 0.25) is 0 Å². The summed E-state index contributed by atoms with van der Waals surface area (Å²) in [4.78, 5) is 2.49. The molecule has 3 nitrogen and oxygen atoms in total. The number of furan rings is 1. The van der Waals surface area contributed by atoms with Crippen molar-refractivity contribution in [2.24, 2.45) is 5.92 Å². The number of hydrogen-bond donors (Lipinski definition) is 1. The molecule has 0 saturated carbocycles. The third-order valence-corrected chi connectivity index (χ3v) is 3.96. The summed E-state index contributed by atoms with van der Waals surface area (Å²) in [6.45, 7) is 14.2. The van der Waals surface area contributed by atoms with E-state index in [0.717, 1.165) is 37.9 Å². The molecular formula is C17H32N2O. The summed E-state index contributed by atoms with van der Waals surface area (Å²) in [6, 6.07) is 2.19. The molecule has 0 aliphatic carbocycles. The molecule has 1 N–H and O–H groups in total. The molecule has 0 unspecified atom stereocenters. The Bertz CT molecular complexity index is 345. The van der Waals surface area contributed by atoms with E-state index in [2.05, 4.69) is 44.0 Å². The molecule has 0 bridgehead atoms. The van der Waals surface area contributed by atoms with Crippen LogP contribution < -0.4 is 5.32 Å². The third-order valence-electron chi connectivity index (χ3n) is 3.96. The molecule has 116 valence electrons. The summed E-state index contributed by atoms with van der Waals surface area (Å²) in [7, 11) is 0. The van der Waals surface area contributed by atoms with E-state index in [1.54, 1.807) is 0 Å². The van der Waals surface area contributed by atoms with E-state index < -0.39 is 0 Å². The summed E-state index contributed by atoms with van der Waals surface area (Å²) in [6.07, 6.45) is 5.58. The molecule has 3 heteroatoms.